The third kappa shape index (κ3) is 2.78. The van der Waals surface area contributed by atoms with Gasteiger partial charge in [-0.15, -0.1) is 0 Å². The van der Waals surface area contributed by atoms with Gasteiger partial charge in [0.05, 0.1) is 11.7 Å². The summed E-state index contributed by atoms with van der Waals surface area (Å²) in [5.41, 5.74) is 0.0680. The van der Waals surface area contributed by atoms with Crippen LogP contribution in [0.4, 0.5) is 0 Å². The van der Waals surface area contributed by atoms with E-state index in [4.69, 9.17) is 0 Å². The van der Waals surface area contributed by atoms with Crippen LogP contribution in [-0.4, -0.2) is 21.9 Å². The molecule has 2 fully saturated rings. The zero-order valence-electron chi connectivity index (χ0n) is 14.1. The van der Waals surface area contributed by atoms with Crippen molar-refractivity contribution in [1.82, 2.24) is 0 Å². The molecule has 0 aromatic heterocycles. The van der Waals surface area contributed by atoms with Gasteiger partial charge in [0.15, 0.2) is 0 Å². The second-order valence-electron chi connectivity index (χ2n) is 8.78. The first-order valence-corrected chi connectivity index (χ1v) is 8.50. The molecule has 0 bridgehead atoms. The predicted octanol–water partition coefficient (Wildman–Crippen LogP) is 4.14. The zero-order valence-corrected chi connectivity index (χ0v) is 14.1. The monoisotopic (exact) mass is 282 g/mol. The fourth-order valence-corrected chi connectivity index (χ4v) is 5.67. The maximum atomic E-state index is 10.9. The van der Waals surface area contributed by atoms with Gasteiger partial charge in [-0.05, 0) is 75.0 Å². The van der Waals surface area contributed by atoms with Crippen LogP contribution in [0.5, 0.6) is 0 Å². The fourth-order valence-electron chi connectivity index (χ4n) is 5.67. The van der Waals surface area contributed by atoms with Crippen LogP contribution < -0.4 is 0 Å². The molecule has 2 heteroatoms. The van der Waals surface area contributed by atoms with Crippen molar-refractivity contribution < 1.29 is 10.2 Å². The van der Waals surface area contributed by atoms with Gasteiger partial charge in [0.1, 0.15) is 0 Å². The lowest BCUT2D eigenvalue weighted by atomic mass is 9.45. The van der Waals surface area contributed by atoms with Crippen molar-refractivity contribution in [1.29, 1.82) is 0 Å². The molecular formula is C18H34O2. The Morgan fingerprint density at radius 1 is 1.10 bits per heavy atom. The van der Waals surface area contributed by atoms with Gasteiger partial charge in [-0.2, -0.15) is 0 Å². The van der Waals surface area contributed by atoms with Crippen molar-refractivity contribution in [2.24, 2.45) is 22.7 Å². The Bertz CT molecular complexity index is 345. The summed E-state index contributed by atoms with van der Waals surface area (Å²) in [7, 11) is 0. The van der Waals surface area contributed by atoms with Crippen molar-refractivity contribution in [3.8, 4) is 0 Å². The number of hydrogen-bond donors (Lipinski definition) is 2. The van der Waals surface area contributed by atoms with Crippen LogP contribution in [0.1, 0.15) is 79.6 Å². The van der Waals surface area contributed by atoms with E-state index < -0.39 is 5.60 Å². The molecule has 0 radical (unpaired) electrons. The van der Waals surface area contributed by atoms with Crippen LogP contribution >= 0.6 is 0 Å². The van der Waals surface area contributed by atoms with Gasteiger partial charge in [-0.1, -0.05) is 27.2 Å². The Balaban J connectivity index is 2.28. The first kappa shape index (κ1) is 16.3. The highest BCUT2D eigenvalue weighted by Gasteiger charge is 2.57. The van der Waals surface area contributed by atoms with Gasteiger partial charge in [-0.3, -0.25) is 0 Å². The molecule has 2 rings (SSSR count). The lowest BCUT2D eigenvalue weighted by Crippen LogP contribution is -2.57. The Labute approximate surface area is 125 Å². The van der Waals surface area contributed by atoms with Gasteiger partial charge in [0.25, 0.3) is 0 Å². The van der Waals surface area contributed by atoms with E-state index in [0.717, 1.165) is 25.7 Å². The molecule has 118 valence electrons. The Kier molecular flexibility index (Phi) is 4.30. The first-order valence-electron chi connectivity index (χ1n) is 8.50. The largest absolute Gasteiger partial charge is 0.393 e. The maximum Gasteiger partial charge on any atom is 0.0653 e. The molecule has 5 unspecified atom stereocenters. The van der Waals surface area contributed by atoms with Crippen molar-refractivity contribution in [2.45, 2.75) is 91.3 Å². The average Bonchev–Trinajstić information content (AvgIpc) is 2.25. The van der Waals surface area contributed by atoms with Crippen LogP contribution in [0.25, 0.3) is 0 Å². The highest BCUT2D eigenvalue weighted by Crippen LogP contribution is 2.62. The van der Waals surface area contributed by atoms with Crippen LogP contribution in [0, 0.1) is 22.7 Å². The Morgan fingerprint density at radius 2 is 1.75 bits per heavy atom. The smallest absolute Gasteiger partial charge is 0.0653 e. The fraction of sp³-hybridized carbons (Fsp3) is 1.00. The van der Waals surface area contributed by atoms with Gasteiger partial charge in [0.2, 0.25) is 0 Å². The normalized spacial score (nSPS) is 45.8. The molecular weight excluding hydrogens is 248 g/mol. The molecule has 2 aliphatic carbocycles. The van der Waals surface area contributed by atoms with Crippen molar-refractivity contribution in [3.63, 3.8) is 0 Å². The summed E-state index contributed by atoms with van der Waals surface area (Å²) in [4.78, 5) is 0. The minimum Gasteiger partial charge on any atom is -0.393 e. The SMILES string of the molecule is CC(O)CCC1C(C)(O)CCC2C(C)(C)CCCC21C. The Morgan fingerprint density at radius 3 is 2.35 bits per heavy atom. The van der Waals surface area contributed by atoms with E-state index >= 15 is 0 Å². The molecule has 0 amide bonds. The third-order valence-corrected chi connectivity index (χ3v) is 6.63. The molecule has 2 nitrogen and oxygen atoms in total. The molecule has 0 aliphatic heterocycles. The molecule has 0 aromatic carbocycles. The highest BCUT2D eigenvalue weighted by molar-refractivity contribution is 5.07. The molecule has 5 atom stereocenters. The Hall–Kier alpha value is -0.0800. The highest BCUT2D eigenvalue weighted by atomic mass is 16.3. The molecule has 2 aliphatic rings. The summed E-state index contributed by atoms with van der Waals surface area (Å²) < 4.78 is 0. The first-order chi connectivity index (χ1) is 9.09. The van der Waals surface area contributed by atoms with E-state index in [0.29, 0.717) is 17.3 Å². The maximum absolute atomic E-state index is 10.9. The molecule has 0 saturated heterocycles. The van der Waals surface area contributed by atoms with E-state index in [1.165, 1.54) is 19.3 Å². The summed E-state index contributed by atoms with van der Waals surface area (Å²) in [6, 6.07) is 0. The lowest BCUT2D eigenvalue weighted by molar-refractivity contribution is -0.170. The topological polar surface area (TPSA) is 40.5 Å². The molecule has 2 N–H and O–H groups in total. The van der Waals surface area contributed by atoms with Crippen LogP contribution in [0.15, 0.2) is 0 Å². The van der Waals surface area contributed by atoms with E-state index in [1.54, 1.807) is 0 Å². The number of fused-ring (bicyclic) bond motifs is 1. The number of rotatable bonds is 3. The van der Waals surface area contributed by atoms with E-state index in [-0.39, 0.29) is 11.5 Å². The number of aliphatic hydroxyl groups is 2. The second kappa shape index (κ2) is 5.28. The molecule has 20 heavy (non-hydrogen) atoms. The summed E-state index contributed by atoms with van der Waals surface area (Å²) in [6.07, 6.45) is 7.41. The number of hydrogen-bond acceptors (Lipinski definition) is 2. The van der Waals surface area contributed by atoms with Gasteiger partial charge in [0, 0.05) is 0 Å². The standard InChI is InChI=1S/C18H34O2/c1-13(19)7-8-15-17(4)11-6-10-16(2,3)14(17)9-12-18(15,5)20/h13-15,19-20H,6-12H2,1-5H3. The number of aliphatic hydroxyl groups excluding tert-OH is 1. The van der Waals surface area contributed by atoms with Crippen LogP contribution in [0.2, 0.25) is 0 Å². The predicted molar refractivity (Wildman–Crippen MR) is 83.5 cm³/mol. The third-order valence-electron chi connectivity index (χ3n) is 6.63. The van der Waals surface area contributed by atoms with Crippen molar-refractivity contribution in [2.75, 3.05) is 0 Å². The minimum absolute atomic E-state index is 0.235. The summed E-state index contributed by atoms with van der Waals surface area (Å²) in [6.45, 7) is 11.1. The minimum atomic E-state index is -0.562. The van der Waals surface area contributed by atoms with Gasteiger partial charge >= 0.3 is 0 Å². The summed E-state index contributed by atoms with van der Waals surface area (Å²) in [5, 5.41) is 20.6. The van der Waals surface area contributed by atoms with Crippen molar-refractivity contribution >= 4 is 0 Å². The zero-order chi connectivity index (χ0) is 15.2. The lowest BCUT2D eigenvalue weighted by Gasteiger charge is -2.61. The molecule has 2 saturated carbocycles. The second-order valence-corrected chi connectivity index (χ2v) is 8.78. The summed E-state index contributed by atoms with van der Waals surface area (Å²) in [5.74, 6) is 1.03. The molecule has 0 spiro atoms. The average molecular weight is 282 g/mol. The molecule has 0 aromatic rings. The van der Waals surface area contributed by atoms with Crippen LogP contribution in [-0.2, 0) is 0 Å². The molecule has 0 heterocycles. The van der Waals surface area contributed by atoms with Crippen molar-refractivity contribution in [3.05, 3.63) is 0 Å². The van der Waals surface area contributed by atoms with E-state index in [2.05, 4.69) is 20.8 Å². The quantitative estimate of drug-likeness (QED) is 0.816. The van der Waals surface area contributed by atoms with Gasteiger partial charge < -0.3 is 10.2 Å². The van der Waals surface area contributed by atoms with E-state index in [1.807, 2.05) is 13.8 Å². The van der Waals surface area contributed by atoms with E-state index in [9.17, 15) is 10.2 Å². The van der Waals surface area contributed by atoms with Crippen LogP contribution in [0.3, 0.4) is 0 Å². The summed E-state index contributed by atoms with van der Waals surface area (Å²) >= 11 is 0. The van der Waals surface area contributed by atoms with Gasteiger partial charge in [-0.25, -0.2) is 0 Å².